The van der Waals surface area contributed by atoms with E-state index in [1.807, 2.05) is 0 Å². The third kappa shape index (κ3) is 5.98. The fourth-order valence-electron chi connectivity index (χ4n) is 0.605. The molecule has 0 unspecified atom stereocenters. The van der Waals surface area contributed by atoms with Crippen molar-refractivity contribution in [3.63, 3.8) is 0 Å². The Labute approximate surface area is 85.5 Å². The Kier molecular flexibility index (Phi) is 5.14. The molecule has 0 aliphatic carbocycles. The van der Waals surface area contributed by atoms with Crippen molar-refractivity contribution in [2.75, 3.05) is 5.75 Å². The highest BCUT2D eigenvalue weighted by atomic mass is 32.1. The minimum Gasteiger partial charge on any atom is -0.369 e. The van der Waals surface area contributed by atoms with Crippen molar-refractivity contribution in [1.29, 1.82) is 0 Å². The number of nitrogens with one attached hydrogen (secondary N) is 1. The monoisotopic (exact) mass is 243 g/mol. The van der Waals surface area contributed by atoms with E-state index in [9.17, 15) is 14.2 Å². The Balaban J connectivity index is 4.33. The predicted octanol–water partition coefficient (Wildman–Crippen LogP) is -0.943. The van der Waals surface area contributed by atoms with E-state index in [-0.39, 0.29) is 5.75 Å². The Morgan fingerprint density at radius 2 is 2.07 bits per heavy atom. The molecule has 3 N–H and O–H groups in total. The molecule has 0 saturated carbocycles. The molecule has 14 heavy (non-hydrogen) atoms. The van der Waals surface area contributed by atoms with Gasteiger partial charge in [-0.15, -0.1) is 0 Å². The molecule has 1 amide bonds. The van der Waals surface area contributed by atoms with Gasteiger partial charge in [-0.2, -0.15) is 12.6 Å². The molecule has 7 nitrogen and oxygen atoms in total. The second-order valence-electron chi connectivity index (χ2n) is 2.34. The Bertz CT molecular complexity index is 275. The van der Waals surface area contributed by atoms with Gasteiger partial charge in [0.15, 0.2) is 0 Å². The molecule has 0 aliphatic heterocycles. The van der Waals surface area contributed by atoms with Crippen LogP contribution in [0.4, 0.5) is 0 Å². The zero-order chi connectivity index (χ0) is 11.4. The third-order valence-corrected chi connectivity index (χ3v) is 1.84. The first-order chi connectivity index (χ1) is 6.26. The molecule has 0 spiro atoms. The second-order valence-corrected chi connectivity index (χ2v) is 3.87. The molecule has 1 atom stereocenters. The molecular weight excluding hydrogens is 233 g/mol. The van der Waals surface area contributed by atoms with Crippen LogP contribution in [0.2, 0.25) is 0 Å². The van der Waals surface area contributed by atoms with Crippen LogP contribution in [0.15, 0.2) is 0 Å². The summed E-state index contributed by atoms with van der Waals surface area (Å²) in [6.45, 7) is 1.15. The smallest absolute Gasteiger partial charge is 0.369 e. The summed E-state index contributed by atoms with van der Waals surface area (Å²) in [5.41, 5.74) is 0. The molecular formula is C5H10NO6PS. The highest BCUT2D eigenvalue weighted by Gasteiger charge is 2.27. The van der Waals surface area contributed by atoms with Crippen molar-refractivity contribution in [3.05, 3.63) is 0 Å². The van der Waals surface area contributed by atoms with Crippen molar-refractivity contribution in [3.8, 4) is 0 Å². The van der Waals surface area contributed by atoms with Gasteiger partial charge in [-0.05, 0) is 0 Å². The zero-order valence-electron chi connectivity index (χ0n) is 7.21. The molecule has 0 aliphatic rings. The maximum atomic E-state index is 10.9. The van der Waals surface area contributed by atoms with Gasteiger partial charge < -0.3 is 9.84 Å². The summed E-state index contributed by atoms with van der Waals surface area (Å²) in [6, 6.07) is -1.16. The molecule has 0 aromatic rings. The van der Waals surface area contributed by atoms with Crippen LogP contribution in [0, 0.1) is 0 Å². The van der Waals surface area contributed by atoms with Crippen molar-refractivity contribution in [2.24, 2.45) is 0 Å². The van der Waals surface area contributed by atoms with Gasteiger partial charge in [0.1, 0.15) is 6.04 Å². The number of carbonyl (C=O) groups excluding carboxylic acids is 2. The van der Waals surface area contributed by atoms with E-state index >= 15 is 0 Å². The van der Waals surface area contributed by atoms with Gasteiger partial charge in [-0.1, -0.05) is 0 Å². The zero-order valence-corrected chi connectivity index (χ0v) is 9.00. The number of phosphoric acid groups is 1. The van der Waals surface area contributed by atoms with Gasteiger partial charge in [-0.25, -0.2) is 9.36 Å². The molecule has 0 saturated heterocycles. The van der Waals surface area contributed by atoms with Gasteiger partial charge in [0.2, 0.25) is 5.91 Å². The summed E-state index contributed by atoms with van der Waals surface area (Å²) < 4.78 is 14.0. The van der Waals surface area contributed by atoms with E-state index in [1.165, 1.54) is 0 Å². The lowest BCUT2D eigenvalue weighted by molar-refractivity contribution is -0.139. The summed E-state index contributed by atoms with van der Waals surface area (Å²) in [7, 11) is -4.87. The van der Waals surface area contributed by atoms with Crippen molar-refractivity contribution < 1.29 is 28.5 Å². The summed E-state index contributed by atoms with van der Waals surface area (Å²) in [4.78, 5) is 38.1. The lowest BCUT2D eigenvalue weighted by atomic mass is 10.3. The van der Waals surface area contributed by atoms with Gasteiger partial charge in [0, 0.05) is 12.7 Å². The van der Waals surface area contributed by atoms with Gasteiger partial charge in [-0.3, -0.25) is 14.6 Å². The van der Waals surface area contributed by atoms with Crippen LogP contribution in [-0.4, -0.2) is 33.5 Å². The molecule has 0 rings (SSSR count). The molecule has 82 valence electrons. The molecule has 0 fully saturated rings. The summed E-state index contributed by atoms with van der Waals surface area (Å²) in [5, 5.41) is 2.12. The fourth-order valence-corrected chi connectivity index (χ4v) is 1.21. The summed E-state index contributed by atoms with van der Waals surface area (Å²) in [6.07, 6.45) is 0. The summed E-state index contributed by atoms with van der Waals surface area (Å²) in [5.74, 6) is -1.85. The van der Waals surface area contributed by atoms with Gasteiger partial charge in [0.05, 0.1) is 0 Å². The van der Waals surface area contributed by atoms with Crippen molar-refractivity contribution in [1.82, 2.24) is 5.32 Å². The second kappa shape index (κ2) is 5.35. The number of amides is 1. The standard InChI is InChI=1S/C5H10NO6PS/c1-3(7)6-4(2-14)5(8)12-13(9,10)11/h4,14H,2H2,1H3,(H,6,7)(H2,9,10,11)/t4-/m0/s1. The Hall–Kier alpha value is -0.560. The number of rotatable bonds is 4. The third-order valence-electron chi connectivity index (χ3n) is 1.05. The van der Waals surface area contributed by atoms with E-state index in [0.717, 1.165) is 6.92 Å². The highest BCUT2D eigenvalue weighted by molar-refractivity contribution is 7.80. The van der Waals surface area contributed by atoms with Gasteiger partial charge >= 0.3 is 13.8 Å². The first-order valence-corrected chi connectivity index (χ1v) is 5.59. The maximum absolute atomic E-state index is 10.9. The molecule has 0 bridgehead atoms. The minimum absolute atomic E-state index is 0.113. The normalized spacial score (nSPS) is 13.1. The molecule has 0 heterocycles. The molecule has 9 heteroatoms. The van der Waals surface area contributed by atoms with Crippen molar-refractivity contribution >= 4 is 32.3 Å². The van der Waals surface area contributed by atoms with E-state index < -0.39 is 25.7 Å². The molecule has 0 aromatic carbocycles. The maximum Gasteiger partial charge on any atom is 0.527 e. The Morgan fingerprint density at radius 3 is 2.36 bits per heavy atom. The molecule has 0 aromatic heterocycles. The first-order valence-electron chi connectivity index (χ1n) is 3.43. The number of hydrogen-bond acceptors (Lipinski definition) is 5. The van der Waals surface area contributed by atoms with Gasteiger partial charge in [0.25, 0.3) is 0 Å². The number of phosphoric ester groups is 1. The average Bonchev–Trinajstić information content (AvgIpc) is 1.96. The quantitative estimate of drug-likeness (QED) is 0.374. The van der Waals surface area contributed by atoms with E-state index in [2.05, 4.69) is 22.5 Å². The van der Waals surface area contributed by atoms with E-state index in [1.54, 1.807) is 0 Å². The van der Waals surface area contributed by atoms with E-state index in [0.29, 0.717) is 0 Å². The number of thiol groups is 1. The van der Waals surface area contributed by atoms with Crippen LogP contribution in [0.5, 0.6) is 0 Å². The summed E-state index contributed by atoms with van der Waals surface area (Å²) >= 11 is 3.71. The fraction of sp³-hybridized carbons (Fsp3) is 0.600. The largest absolute Gasteiger partial charge is 0.527 e. The molecule has 0 radical (unpaired) electrons. The van der Waals surface area contributed by atoms with E-state index in [4.69, 9.17) is 9.79 Å². The number of carbonyl (C=O) groups is 2. The predicted molar refractivity (Wildman–Crippen MR) is 49.6 cm³/mol. The lowest BCUT2D eigenvalue weighted by Crippen LogP contribution is -2.41. The van der Waals surface area contributed by atoms with Crippen LogP contribution in [0.3, 0.4) is 0 Å². The Morgan fingerprint density at radius 1 is 1.57 bits per heavy atom. The van der Waals surface area contributed by atoms with Crippen LogP contribution in [0.25, 0.3) is 0 Å². The minimum atomic E-state index is -4.87. The lowest BCUT2D eigenvalue weighted by Gasteiger charge is -2.14. The van der Waals surface area contributed by atoms with Crippen molar-refractivity contribution in [2.45, 2.75) is 13.0 Å². The topological polar surface area (TPSA) is 113 Å². The first kappa shape index (κ1) is 13.4. The SMILES string of the molecule is CC(=O)N[C@@H](CS)C(=O)OP(=O)(O)O. The highest BCUT2D eigenvalue weighted by Crippen LogP contribution is 2.36. The van der Waals surface area contributed by atoms with Crippen LogP contribution in [-0.2, 0) is 18.7 Å². The van der Waals surface area contributed by atoms with Crippen LogP contribution >= 0.6 is 20.5 Å². The number of hydrogen-bond donors (Lipinski definition) is 4. The average molecular weight is 243 g/mol. The van der Waals surface area contributed by atoms with Crippen LogP contribution < -0.4 is 5.32 Å². The van der Waals surface area contributed by atoms with Crippen LogP contribution in [0.1, 0.15) is 6.92 Å².